The van der Waals surface area contributed by atoms with E-state index < -0.39 is 5.97 Å². The number of aliphatic carboxylic acids is 1. The summed E-state index contributed by atoms with van der Waals surface area (Å²) in [5.41, 5.74) is 3.90. The average molecular weight is 386 g/mol. The third kappa shape index (κ3) is 3.06. The van der Waals surface area contributed by atoms with Gasteiger partial charge in [-0.15, -0.1) is 11.3 Å². The number of carboxylic acids is 1. The first kappa shape index (κ1) is 17.0. The van der Waals surface area contributed by atoms with E-state index >= 15 is 0 Å². The van der Waals surface area contributed by atoms with Crippen LogP contribution >= 0.6 is 22.9 Å². The van der Waals surface area contributed by atoms with Crippen LogP contribution in [0.15, 0.2) is 35.7 Å². The van der Waals surface area contributed by atoms with E-state index in [4.69, 9.17) is 21.7 Å². The highest BCUT2D eigenvalue weighted by Crippen LogP contribution is 2.38. The van der Waals surface area contributed by atoms with E-state index in [1.54, 1.807) is 0 Å². The molecule has 1 aliphatic heterocycles. The van der Waals surface area contributed by atoms with E-state index in [1.165, 1.54) is 11.3 Å². The van der Waals surface area contributed by atoms with Gasteiger partial charge in [0.1, 0.15) is 5.82 Å². The standard InChI is InChI=1S/C19H16ClN3O2S/c1-11-14-6-8-23(13-4-2-12(3-5-13)10-16(24)25)19(14)22-18(21-11)17-15(20)7-9-26-17/h2-5,7,9H,6,8,10H2,1H3,(H,24,25). The van der Waals surface area contributed by atoms with E-state index in [-0.39, 0.29) is 6.42 Å². The molecule has 1 aliphatic rings. The molecule has 1 N–H and O–H groups in total. The molecule has 0 fully saturated rings. The molecule has 7 heteroatoms. The lowest BCUT2D eigenvalue weighted by molar-refractivity contribution is -0.136. The molecule has 3 heterocycles. The summed E-state index contributed by atoms with van der Waals surface area (Å²) >= 11 is 7.79. The molecule has 4 rings (SSSR count). The third-order valence-corrected chi connectivity index (χ3v) is 5.79. The van der Waals surface area contributed by atoms with Gasteiger partial charge in [-0.2, -0.15) is 0 Å². The van der Waals surface area contributed by atoms with Crippen molar-refractivity contribution in [1.82, 2.24) is 9.97 Å². The molecule has 1 aromatic carbocycles. The van der Waals surface area contributed by atoms with Gasteiger partial charge in [0, 0.05) is 23.5 Å². The number of fused-ring (bicyclic) bond motifs is 1. The zero-order valence-electron chi connectivity index (χ0n) is 14.1. The molecule has 0 amide bonds. The number of anilines is 2. The van der Waals surface area contributed by atoms with Gasteiger partial charge in [-0.25, -0.2) is 9.97 Å². The van der Waals surface area contributed by atoms with Gasteiger partial charge in [-0.3, -0.25) is 4.79 Å². The number of hydrogen-bond acceptors (Lipinski definition) is 5. The number of aryl methyl sites for hydroxylation is 1. The molecular formula is C19H16ClN3O2S. The molecule has 0 saturated carbocycles. The molecule has 0 saturated heterocycles. The molecule has 0 aliphatic carbocycles. The van der Waals surface area contributed by atoms with Gasteiger partial charge in [0.15, 0.2) is 5.82 Å². The monoisotopic (exact) mass is 385 g/mol. The Morgan fingerprint density at radius 3 is 2.69 bits per heavy atom. The topological polar surface area (TPSA) is 66.3 Å². The summed E-state index contributed by atoms with van der Waals surface area (Å²) in [5, 5.41) is 11.5. The first-order valence-electron chi connectivity index (χ1n) is 8.22. The Labute approximate surface area is 159 Å². The van der Waals surface area contributed by atoms with Gasteiger partial charge >= 0.3 is 5.97 Å². The van der Waals surface area contributed by atoms with Crippen LogP contribution in [0.1, 0.15) is 16.8 Å². The Kier molecular flexibility index (Phi) is 4.38. The molecule has 26 heavy (non-hydrogen) atoms. The lowest BCUT2D eigenvalue weighted by Crippen LogP contribution is -2.15. The Balaban J connectivity index is 1.71. The Hall–Kier alpha value is -2.44. The fourth-order valence-corrected chi connectivity index (χ4v) is 4.27. The minimum Gasteiger partial charge on any atom is -0.481 e. The summed E-state index contributed by atoms with van der Waals surface area (Å²) in [6.45, 7) is 2.83. The molecular weight excluding hydrogens is 370 g/mol. The number of aromatic nitrogens is 2. The van der Waals surface area contributed by atoms with Crippen LogP contribution in [0.5, 0.6) is 0 Å². The fourth-order valence-electron chi connectivity index (χ4n) is 3.20. The van der Waals surface area contributed by atoms with Crippen molar-refractivity contribution in [2.75, 3.05) is 11.4 Å². The van der Waals surface area contributed by atoms with Crippen LogP contribution in [-0.4, -0.2) is 27.6 Å². The average Bonchev–Trinajstić information content (AvgIpc) is 3.21. The summed E-state index contributed by atoms with van der Waals surface area (Å²) in [6, 6.07) is 9.46. The van der Waals surface area contributed by atoms with Gasteiger partial charge in [-0.1, -0.05) is 23.7 Å². The number of halogens is 1. The largest absolute Gasteiger partial charge is 0.481 e. The molecule has 0 atom stereocenters. The summed E-state index contributed by atoms with van der Waals surface area (Å²) in [4.78, 5) is 23.3. The maximum absolute atomic E-state index is 10.9. The number of carboxylic acid groups (broad SMARTS) is 1. The molecule has 5 nitrogen and oxygen atoms in total. The van der Waals surface area contributed by atoms with Crippen LogP contribution in [0.25, 0.3) is 10.7 Å². The van der Waals surface area contributed by atoms with E-state index in [0.29, 0.717) is 10.8 Å². The second-order valence-corrected chi connectivity index (χ2v) is 7.49. The first-order chi connectivity index (χ1) is 12.5. The predicted octanol–water partition coefficient (Wildman–Crippen LogP) is 4.49. The Morgan fingerprint density at radius 1 is 1.27 bits per heavy atom. The minimum absolute atomic E-state index is 0.0270. The first-order valence-corrected chi connectivity index (χ1v) is 9.48. The van der Waals surface area contributed by atoms with Crippen LogP contribution in [0, 0.1) is 6.92 Å². The van der Waals surface area contributed by atoms with Crippen molar-refractivity contribution in [3.05, 3.63) is 57.6 Å². The lowest BCUT2D eigenvalue weighted by Gasteiger charge is -2.19. The lowest BCUT2D eigenvalue weighted by atomic mass is 10.1. The molecule has 3 aromatic rings. The van der Waals surface area contributed by atoms with Gasteiger partial charge in [-0.05, 0) is 42.5 Å². The summed E-state index contributed by atoms with van der Waals surface area (Å²) < 4.78 is 0. The minimum atomic E-state index is -0.829. The Bertz CT molecular complexity index is 985. The maximum atomic E-state index is 10.9. The van der Waals surface area contributed by atoms with Crippen molar-refractivity contribution in [2.45, 2.75) is 19.8 Å². The number of benzene rings is 1. The van der Waals surface area contributed by atoms with Crippen LogP contribution < -0.4 is 4.90 Å². The van der Waals surface area contributed by atoms with Crippen LogP contribution in [0.2, 0.25) is 5.02 Å². The van der Waals surface area contributed by atoms with Crippen molar-refractivity contribution in [3.8, 4) is 10.7 Å². The number of nitrogens with zero attached hydrogens (tertiary/aromatic N) is 3. The van der Waals surface area contributed by atoms with Crippen molar-refractivity contribution in [1.29, 1.82) is 0 Å². The second kappa shape index (κ2) is 6.70. The normalized spacial score (nSPS) is 13.1. The van der Waals surface area contributed by atoms with Gasteiger partial charge in [0.25, 0.3) is 0 Å². The smallest absolute Gasteiger partial charge is 0.307 e. The SMILES string of the molecule is Cc1nc(-c2sccc2Cl)nc2c1CCN2c1ccc(CC(=O)O)cc1. The molecule has 0 bridgehead atoms. The molecule has 132 valence electrons. The number of carbonyl (C=O) groups is 1. The van der Waals surface area contributed by atoms with Gasteiger partial charge in [0.05, 0.1) is 16.3 Å². The predicted molar refractivity (Wildman–Crippen MR) is 104 cm³/mol. The molecule has 0 unspecified atom stereocenters. The summed E-state index contributed by atoms with van der Waals surface area (Å²) in [6.07, 6.45) is 0.912. The fraction of sp³-hybridized carbons (Fsp3) is 0.211. The highest BCUT2D eigenvalue weighted by molar-refractivity contribution is 7.14. The van der Waals surface area contributed by atoms with Crippen molar-refractivity contribution < 1.29 is 9.90 Å². The number of thiophene rings is 1. The van der Waals surface area contributed by atoms with Gasteiger partial charge < -0.3 is 10.0 Å². The summed E-state index contributed by atoms with van der Waals surface area (Å²) in [7, 11) is 0. The van der Waals surface area contributed by atoms with E-state index in [1.807, 2.05) is 42.6 Å². The highest BCUT2D eigenvalue weighted by atomic mass is 35.5. The van der Waals surface area contributed by atoms with E-state index in [0.717, 1.165) is 46.2 Å². The summed E-state index contributed by atoms with van der Waals surface area (Å²) in [5.74, 6) is 0.726. The quantitative estimate of drug-likeness (QED) is 0.716. The zero-order valence-corrected chi connectivity index (χ0v) is 15.6. The molecule has 2 aromatic heterocycles. The van der Waals surface area contributed by atoms with Crippen molar-refractivity contribution >= 4 is 40.4 Å². The van der Waals surface area contributed by atoms with Crippen LogP contribution in [0.4, 0.5) is 11.5 Å². The molecule has 0 radical (unpaired) electrons. The van der Waals surface area contributed by atoms with Crippen molar-refractivity contribution in [2.24, 2.45) is 0 Å². The molecule has 0 spiro atoms. The van der Waals surface area contributed by atoms with Crippen LogP contribution in [-0.2, 0) is 17.6 Å². The highest BCUT2D eigenvalue weighted by Gasteiger charge is 2.26. The zero-order chi connectivity index (χ0) is 18.3. The number of rotatable bonds is 4. The Morgan fingerprint density at radius 2 is 2.04 bits per heavy atom. The maximum Gasteiger partial charge on any atom is 0.307 e. The van der Waals surface area contributed by atoms with Gasteiger partial charge in [0.2, 0.25) is 0 Å². The number of hydrogen-bond donors (Lipinski definition) is 1. The van der Waals surface area contributed by atoms with Crippen LogP contribution in [0.3, 0.4) is 0 Å². The van der Waals surface area contributed by atoms with E-state index in [9.17, 15) is 4.79 Å². The third-order valence-electron chi connectivity index (χ3n) is 4.46. The second-order valence-electron chi connectivity index (χ2n) is 6.17. The van der Waals surface area contributed by atoms with E-state index in [2.05, 4.69) is 9.88 Å². The van der Waals surface area contributed by atoms with Crippen molar-refractivity contribution in [3.63, 3.8) is 0 Å².